The molecule has 5 nitrogen and oxygen atoms in total. The number of halogens is 1. The van der Waals surface area contributed by atoms with Crippen molar-refractivity contribution in [2.75, 3.05) is 44.8 Å². The molecular formula is C34H43FN2O3. The van der Waals surface area contributed by atoms with Crippen LogP contribution in [0.5, 0.6) is 17.2 Å². The average molecular weight is 547 g/mol. The van der Waals surface area contributed by atoms with Gasteiger partial charge in [-0.1, -0.05) is 24.6 Å². The molecule has 0 amide bonds. The van der Waals surface area contributed by atoms with E-state index in [9.17, 15) is 5.11 Å². The maximum atomic E-state index is 15.1. The van der Waals surface area contributed by atoms with Crippen LogP contribution in [0.25, 0.3) is 0 Å². The highest BCUT2D eigenvalue weighted by molar-refractivity contribution is 5.60. The Kier molecular flexibility index (Phi) is 9.48. The summed E-state index contributed by atoms with van der Waals surface area (Å²) < 4.78 is 26.5. The summed E-state index contributed by atoms with van der Waals surface area (Å²) >= 11 is 0. The van der Waals surface area contributed by atoms with Gasteiger partial charge in [0.2, 0.25) is 0 Å². The van der Waals surface area contributed by atoms with Crippen LogP contribution in [0.4, 0.5) is 10.1 Å². The summed E-state index contributed by atoms with van der Waals surface area (Å²) in [6.45, 7) is 7.41. The fourth-order valence-electron chi connectivity index (χ4n) is 6.28. The number of hydrogen-bond acceptors (Lipinski definition) is 5. The SMILES string of the molecule is CCN(Cc1ccc(OCCCN2CCCCC2)c(F)c1)c1cc(OC)ccc1[C@@H]1CCc2cc(O)ccc2C1. The molecule has 3 aromatic carbocycles. The van der Waals surface area contributed by atoms with Crippen molar-refractivity contribution >= 4 is 5.69 Å². The lowest BCUT2D eigenvalue weighted by Crippen LogP contribution is -2.31. The minimum atomic E-state index is -0.301. The number of ether oxygens (including phenoxy) is 2. The number of anilines is 1. The topological polar surface area (TPSA) is 45.2 Å². The number of benzene rings is 3. The minimum absolute atomic E-state index is 0.301. The van der Waals surface area contributed by atoms with Gasteiger partial charge < -0.3 is 24.4 Å². The molecule has 214 valence electrons. The zero-order valence-electron chi connectivity index (χ0n) is 24.0. The highest BCUT2D eigenvalue weighted by Crippen LogP contribution is 2.40. The van der Waals surface area contributed by atoms with E-state index in [1.165, 1.54) is 49.0 Å². The van der Waals surface area contributed by atoms with Crippen LogP contribution in [0.3, 0.4) is 0 Å². The molecule has 6 heteroatoms. The largest absolute Gasteiger partial charge is 0.508 e. The average Bonchev–Trinajstić information content (AvgIpc) is 2.99. The maximum absolute atomic E-state index is 15.1. The van der Waals surface area contributed by atoms with E-state index in [0.29, 0.717) is 30.6 Å². The predicted octanol–water partition coefficient (Wildman–Crippen LogP) is 7.09. The van der Waals surface area contributed by atoms with Crippen LogP contribution in [0, 0.1) is 5.82 Å². The van der Waals surface area contributed by atoms with Gasteiger partial charge in [0, 0.05) is 31.4 Å². The van der Waals surface area contributed by atoms with Crippen LogP contribution in [0.1, 0.15) is 67.2 Å². The number of phenols is 1. The third-order valence-electron chi connectivity index (χ3n) is 8.51. The molecular weight excluding hydrogens is 503 g/mol. The molecule has 40 heavy (non-hydrogen) atoms. The normalized spacial score (nSPS) is 17.3. The van der Waals surface area contributed by atoms with E-state index >= 15 is 4.39 Å². The molecule has 3 aromatic rings. The molecule has 2 aliphatic rings. The second kappa shape index (κ2) is 13.4. The van der Waals surface area contributed by atoms with Gasteiger partial charge in [-0.25, -0.2) is 4.39 Å². The summed E-state index contributed by atoms with van der Waals surface area (Å²) in [6, 6.07) is 17.4. The number of rotatable bonds is 11. The predicted molar refractivity (Wildman–Crippen MR) is 159 cm³/mol. The Morgan fingerprint density at radius 3 is 2.62 bits per heavy atom. The van der Waals surface area contributed by atoms with Crippen molar-refractivity contribution in [2.24, 2.45) is 0 Å². The van der Waals surface area contributed by atoms with E-state index in [0.717, 1.165) is 55.8 Å². The quantitative estimate of drug-likeness (QED) is 0.260. The molecule has 0 radical (unpaired) electrons. The van der Waals surface area contributed by atoms with Crippen molar-refractivity contribution in [3.8, 4) is 17.2 Å². The highest BCUT2D eigenvalue weighted by Gasteiger charge is 2.25. The van der Waals surface area contributed by atoms with E-state index in [2.05, 4.69) is 34.9 Å². The van der Waals surface area contributed by atoms with Gasteiger partial charge in [0.15, 0.2) is 11.6 Å². The number of aromatic hydroxyl groups is 1. The molecule has 1 aliphatic heterocycles. The number of nitrogens with zero attached hydrogens (tertiary/aromatic N) is 2. The zero-order chi connectivity index (χ0) is 27.9. The van der Waals surface area contributed by atoms with Crippen molar-refractivity contribution in [3.05, 3.63) is 82.7 Å². The number of methoxy groups -OCH3 is 1. The molecule has 1 heterocycles. The van der Waals surface area contributed by atoms with Gasteiger partial charge >= 0.3 is 0 Å². The lowest BCUT2D eigenvalue weighted by Gasteiger charge is -2.32. The second-order valence-corrected chi connectivity index (χ2v) is 11.2. The van der Waals surface area contributed by atoms with Crippen molar-refractivity contribution in [1.82, 2.24) is 4.90 Å². The molecule has 5 rings (SSSR count). The first-order valence-corrected chi connectivity index (χ1v) is 14.9. The Morgan fingerprint density at radius 2 is 1.85 bits per heavy atom. The van der Waals surface area contributed by atoms with Gasteiger partial charge in [0.05, 0.1) is 13.7 Å². The van der Waals surface area contributed by atoms with Gasteiger partial charge in [-0.3, -0.25) is 0 Å². The molecule has 1 fully saturated rings. The van der Waals surface area contributed by atoms with E-state index in [1.807, 2.05) is 18.2 Å². The fraction of sp³-hybridized carbons (Fsp3) is 0.471. The molecule has 0 bridgehead atoms. The van der Waals surface area contributed by atoms with Crippen molar-refractivity contribution in [2.45, 2.75) is 64.3 Å². The Hall–Kier alpha value is -3.25. The first-order valence-electron chi connectivity index (χ1n) is 14.9. The molecule has 0 aromatic heterocycles. The number of phenolic OH excluding ortho intramolecular Hbond substituents is 1. The van der Waals surface area contributed by atoms with Crippen LogP contribution in [-0.4, -0.2) is 49.9 Å². The van der Waals surface area contributed by atoms with Gasteiger partial charge in [-0.2, -0.15) is 0 Å². The van der Waals surface area contributed by atoms with E-state index in [4.69, 9.17) is 9.47 Å². The third-order valence-corrected chi connectivity index (χ3v) is 8.51. The summed E-state index contributed by atoms with van der Waals surface area (Å²) in [5, 5.41) is 9.90. The number of likely N-dealkylation sites (tertiary alicyclic amines) is 1. The first kappa shape index (κ1) is 28.3. The van der Waals surface area contributed by atoms with Crippen LogP contribution in [0.15, 0.2) is 54.6 Å². The summed E-state index contributed by atoms with van der Waals surface area (Å²) in [5.74, 6) is 1.55. The van der Waals surface area contributed by atoms with Gasteiger partial charge in [0.1, 0.15) is 11.5 Å². The van der Waals surface area contributed by atoms with E-state index in [-0.39, 0.29) is 5.82 Å². The number of aryl methyl sites for hydroxylation is 1. The summed E-state index contributed by atoms with van der Waals surface area (Å²) in [6.07, 6.45) is 7.70. The summed E-state index contributed by atoms with van der Waals surface area (Å²) in [7, 11) is 1.69. The molecule has 1 atom stereocenters. The summed E-state index contributed by atoms with van der Waals surface area (Å²) in [5.41, 5.74) is 5.87. The number of fused-ring (bicyclic) bond motifs is 1. The van der Waals surface area contributed by atoms with Crippen molar-refractivity contribution in [1.29, 1.82) is 0 Å². The molecule has 0 saturated carbocycles. The number of piperidine rings is 1. The number of hydrogen-bond donors (Lipinski definition) is 1. The van der Waals surface area contributed by atoms with E-state index in [1.54, 1.807) is 25.3 Å². The van der Waals surface area contributed by atoms with Crippen LogP contribution in [0.2, 0.25) is 0 Å². The second-order valence-electron chi connectivity index (χ2n) is 11.2. The first-order chi connectivity index (χ1) is 19.5. The van der Waals surface area contributed by atoms with Crippen LogP contribution >= 0.6 is 0 Å². The highest BCUT2D eigenvalue weighted by atomic mass is 19.1. The maximum Gasteiger partial charge on any atom is 0.165 e. The lowest BCUT2D eigenvalue weighted by molar-refractivity contribution is 0.203. The minimum Gasteiger partial charge on any atom is -0.508 e. The molecule has 0 spiro atoms. The van der Waals surface area contributed by atoms with Gasteiger partial charge in [-0.05, 0) is 117 Å². The van der Waals surface area contributed by atoms with Gasteiger partial charge in [0.25, 0.3) is 0 Å². The Labute approximate surface area is 238 Å². The Balaban J connectivity index is 1.27. The Morgan fingerprint density at radius 1 is 1.00 bits per heavy atom. The smallest absolute Gasteiger partial charge is 0.165 e. The molecule has 1 saturated heterocycles. The zero-order valence-corrected chi connectivity index (χ0v) is 24.0. The molecule has 1 N–H and O–H groups in total. The Bertz CT molecular complexity index is 1270. The fourth-order valence-corrected chi connectivity index (χ4v) is 6.28. The molecule has 1 aliphatic carbocycles. The van der Waals surface area contributed by atoms with Crippen molar-refractivity contribution < 1.29 is 19.0 Å². The monoisotopic (exact) mass is 546 g/mol. The van der Waals surface area contributed by atoms with Gasteiger partial charge in [-0.15, -0.1) is 0 Å². The standard InChI is InChI=1S/C34H43FN2O3/c1-3-37(24-25-8-15-34(32(35)20-25)40-19-7-18-36-16-5-4-6-17-36)33-23-30(39-2)13-14-31(33)28-10-9-27-22-29(38)12-11-26(27)21-28/h8,11-15,20,22-23,28,38H,3-7,9-10,16-19,21,24H2,1-2H3/t28-/m1/s1. The van der Waals surface area contributed by atoms with E-state index < -0.39 is 0 Å². The van der Waals surface area contributed by atoms with Crippen LogP contribution in [-0.2, 0) is 19.4 Å². The third kappa shape index (κ3) is 6.90. The lowest BCUT2D eigenvalue weighted by atomic mass is 9.79. The summed E-state index contributed by atoms with van der Waals surface area (Å²) in [4.78, 5) is 4.79. The molecule has 0 unspecified atom stereocenters. The van der Waals surface area contributed by atoms with Crippen molar-refractivity contribution in [3.63, 3.8) is 0 Å². The van der Waals surface area contributed by atoms with Crippen LogP contribution < -0.4 is 14.4 Å².